The number of carbonyl (C=O) groups is 1. The second-order valence-electron chi connectivity index (χ2n) is 0.751. The van der Waals surface area contributed by atoms with Gasteiger partial charge in [0.2, 0.25) is 0 Å². The van der Waals surface area contributed by atoms with E-state index in [9.17, 15) is 4.79 Å². The summed E-state index contributed by atoms with van der Waals surface area (Å²) in [5.74, 6) is 0. The third-order valence-corrected chi connectivity index (χ3v) is 1.45. The number of hydrogen-bond acceptors (Lipinski definition) is 3. The third-order valence-electron chi connectivity index (χ3n) is 0.250. The number of carbonyl (C=O) groups excluding carboxylic acids is 1. The molecule has 1 amide bonds. The summed E-state index contributed by atoms with van der Waals surface area (Å²) in [6.07, 6.45) is 1.16. The molecule has 52 valence electrons. The van der Waals surface area contributed by atoms with Crippen LogP contribution in [0, 0.1) is 0 Å². The van der Waals surface area contributed by atoms with Gasteiger partial charge in [0.15, 0.2) is 0 Å². The second-order valence-corrected chi connectivity index (χ2v) is 3.09. The molecule has 0 saturated carbocycles. The Morgan fingerprint density at radius 3 is 2.89 bits per heavy atom. The molecule has 0 radical (unpaired) electrons. The van der Waals surface area contributed by atoms with Crippen LogP contribution in [0.15, 0.2) is 11.6 Å². The zero-order chi connectivity index (χ0) is 7.11. The molecule has 0 spiro atoms. The SMILES string of the molecule is NC=N[I-]N=NC(=O)I. The quantitative estimate of drug-likeness (QED) is 0.154. The van der Waals surface area contributed by atoms with E-state index in [0.29, 0.717) is 0 Å². The molecule has 0 aromatic rings. The minimum atomic E-state index is -0.732. The molecule has 0 atom stereocenters. The Bertz CT molecular complexity index is 144. The molecule has 0 aromatic heterocycles. The fraction of sp³-hybridized carbons (Fsp3) is 0. The maximum absolute atomic E-state index is 10.1. The van der Waals surface area contributed by atoms with Crippen molar-refractivity contribution in [2.75, 3.05) is 0 Å². The van der Waals surface area contributed by atoms with Gasteiger partial charge in [-0.05, 0) is 0 Å². The number of nitrogens with two attached hydrogens (primary N) is 1. The van der Waals surface area contributed by atoms with E-state index in [2.05, 4.69) is 11.6 Å². The summed E-state index contributed by atoms with van der Waals surface area (Å²) in [6.45, 7) is 0. The van der Waals surface area contributed by atoms with Gasteiger partial charge in [-0.25, -0.2) is 0 Å². The average Bonchev–Trinajstić information content (AvgIpc) is 1.80. The zero-order valence-corrected chi connectivity index (χ0v) is 8.48. The summed E-state index contributed by atoms with van der Waals surface area (Å²) in [7, 11) is 0. The van der Waals surface area contributed by atoms with E-state index < -0.39 is 21.8 Å². The van der Waals surface area contributed by atoms with Crippen molar-refractivity contribution in [3.63, 3.8) is 0 Å². The van der Waals surface area contributed by atoms with Crippen molar-refractivity contribution in [3.8, 4) is 0 Å². The predicted octanol–water partition coefficient (Wildman–Crippen LogP) is -2.10. The summed E-state index contributed by atoms with van der Waals surface area (Å²) in [4.78, 5) is 10.1. The Balaban J connectivity index is 3.36. The first kappa shape index (κ1) is 9.20. The van der Waals surface area contributed by atoms with Gasteiger partial charge in [-0.1, -0.05) is 0 Å². The molecule has 2 N–H and O–H groups in total. The van der Waals surface area contributed by atoms with Crippen LogP contribution in [0.25, 0.3) is 0 Å². The predicted molar refractivity (Wildman–Crippen MR) is 37.0 cm³/mol. The van der Waals surface area contributed by atoms with Crippen LogP contribution in [0.2, 0.25) is 0 Å². The molecule has 0 rings (SSSR count). The molecular weight excluding hydrogens is 350 g/mol. The fourth-order valence-corrected chi connectivity index (χ4v) is 1.16. The van der Waals surface area contributed by atoms with Gasteiger partial charge in [0, 0.05) is 0 Å². The molecule has 0 saturated heterocycles. The van der Waals surface area contributed by atoms with Crippen molar-refractivity contribution >= 4 is 32.8 Å². The topological polar surface area (TPSA) is 80.2 Å². The summed E-state index contributed by atoms with van der Waals surface area (Å²) in [5, 5.41) is 3.21. The Kier molecular flexibility index (Phi) is 6.46. The van der Waals surface area contributed by atoms with Crippen LogP contribution in [0.1, 0.15) is 0 Å². The molecular formula is C2H3I2N4O-. The molecule has 0 aliphatic heterocycles. The minimum absolute atomic E-state index is 0.334. The number of rotatable bonds is 2. The fourth-order valence-electron chi connectivity index (χ4n) is 0.0913. The Morgan fingerprint density at radius 2 is 2.44 bits per heavy atom. The first-order valence-electron chi connectivity index (χ1n) is 1.75. The average molecular weight is 353 g/mol. The van der Waals surface area contributed by atoms with E-state index in [1.54, 1.807) is 0 Å². The molecule has 0 unspecified atom stereocenters. The molecule has 0 aliphatic carbocycles. The summed E-state index contributed by atoms with van der Waals surface area (Å²) >= 11 is 0.798. The first-order chi connectivity index (χ1) is 4.27. The molecule has 0 heterocycles. The summed E-state index contributed by atoms with van der Waals surface area (Å²) in [6, 6.07) is 0. The molecule has 9 heavy (non-hydrogen) atoms. The standard InChI is InChI=1S/C2H3I2N4O/c3-2(9)7-8-4-6-1-5/h1H,(H2,5,6)/q-1. The summed E-state index contributed by atoms with van der Waals surface area (Å²) in [5.41, 5.74) is 4.89. The van der Waals surface area contributed by atoms with Gasteiger partial charge in [-0.2, -0.15) is 0 Å². The van der Waals surface area contributed by atoms with E-state index in [4.69, 9.17) is 5.73 Å². The molecule has 0 bridgehead atoms. The van der Waals surface area contributed by atoms with Gasteiger partial charge < -0.3 is 0 Å². The first-order valence-corrected chi connectivity index (χ1v) is 4.75. The van der Waals surface area contributed by atoms with Crippen molar-refractivity contribution in [1.29, 1.82) is 0 Å². The van der Waals surface area contributed by atoms with Gasteiger partial charge >= 0.3 is 76.8 Å². The summed E-state index contributed by atoms with van der Waals surface area (Å²) < 4.78 is 6.72. The van der Waals surface area contributed by atoms with Gasteiger partial charge in [-0.3, -0.25) is 0 Å². The molecule has 0 aromatic carbocycles. The van der Waals surface area contributed by atoms with E-state index in [1.807, 2.05) is 0 Å². The van der Waals surface area contributed by atoms with E-state index in [0.717, 1.165) is 6.34 Å². The van der Waals surface area contributed by atoms with Crippen LogP contribution in [0.4, 0.5) is 4.79 Å². The molecule has 5 nitrogen and oxygen atoms in total. The molecule has 0 aliphatic rings. The number of nitrogens with zero attached hydrogens (tertiary/aromatic N) is 3. The van der Waals surface area contributed by atoms with Crippen molar-refractivity contribution in [2.24, 2.45) is 17.4 Å². The van der Waals surface area contributed by atoms with Crippen LogP contribution in [0.5, 0.6) is 0 Å². The van der Waals surface area contributed by atoms with Crippen LogP contribution >= 0.6 is 22.6 Å². The second kappa shape index (κ2) is 6.32. The van der Waals surface area contributed by atoms with Crippen LogP contribution < -0.4 is 27.5 Å². The van der Waals surface area contributed by atoms with Gasteiger partial charge in [0.25, 0.3) is 0 Å². The Hall–Kier alpha value is 0.200. The van der Waals surface area contributed by atoms with E-state index in [-0.39, 0.29) is 3.91 Å². The number of hydrogen-bond donors (Lipinski definition) is 1. The monoisotopic (exact) mass is 353 g/mol. The van der Waals surface area contributed by atoms with Crippen molar-refractivity contribution in [1.82, 2.24) is 0 Å². The van der Waals surface area contributed by atoms with E-state index in [1.165, 1.54) is 22.6 Å². The molecule has 7 heteroatoms. The van der Waals surface area contributed by atoms with Crippen molar-refractivity contribution in [2.45, 2.75) is 0 Å². The maximum atomic E-state index is 10.1. The number of amides is 1. The van der Waals surface area contributed by atoms with Gasteiger partial charge in [-0.15, -0.1) is 0 Å². The number of halogens is 2. The van der Waals surface area contributed by atoms with E-state index >= 15 is 0 Å². The van der Waals surface area contributed by atoms with Crippen LogP contribution in [-0.2, 0) is 0 Å². The third kappa shape index (κ3) is 8.20. The van der Waals surface area contributed by atoms with Crippen LogP contribution in [0.3, 0.4) is 0 Å². The molecule has 0 fully saturated rings. The van der Waals surface area contributed by atoms with Gasteiger partial charge in [0.1, 0.15) is 0 Å². The van der Waals surface area contributed by atoms with Crippen molar-refractivity contribution in [3.05, 3.63) is 0 Å². The zero-order valence-electron chi connectivity index (χ0n) is 4.16. The van der Waals surface area contributed by atoms with Gasteiger partial charge in [0.05, 0.1) is 0 Å². The Labute approximate surface area is 76.3 Å². The van der Waals surface area contributed by atoms with Crippen LogP contribution in [-0.4, -0.2) is 10.3 Å². The van der Waals surface area contributed by atoms with Crippen molar-refractivity contribution < 1.29 is 26.5 Å². The Morgan fingerprint density at radius 1 is 1.78 bits per heavy atom. The normalized spacial score (nSPS) is 11.7.